The van der Waals surface area contributed by atoms with Crippen molar-refractivity contribution in [2.75, 3.05) is 5.32 Å². The van der Waals surface area contributed by atoms with E-state index in [1.165, 1.54) is 25.0 Å². The molecule has 2 aromatic heterocycles. The lowest BCUT2D eigenvalue weighted by molar-refractivity contribution is 0.101. The van der Waals surface area contributed by atoms with Gasteiger partial charge < -0.3 is 10.1 Å². The summed E-state index contributed by atoms with van der Waals surface area (Å²) >= 11 is 12.7. The Morgan fingerprint density at radius 3 is 2.58 bits per heavy atom. The summed E-state index contributed by atoms with van der Waals surface area (Å²) < 4.78 is 10.2. The second-order valence-electron chi connectivity index (χ2n) is 7.13. The fourth-order valence-corrected chi connectivity index (χ4v) is 3.72. The zero-order chi connectivity index (χ0) is 21.5. The Bertz CT molecular complexity index is 1350. The number of amides is 1. The smallest absolute Gasteiger partial charge is 0.439 e. The molecule has 0 atom stereocenters. The van der Waals surface area contributed by atoms with Gasteiger partial charge in [0.25, 0.3) is 5.91 Å². The van der Waals surface area contributed by atoms with E-state index >= 15 is 0 Å². The van der Waals surface area contributed by atoms with Crippen molar-refractivity contribution < 1.29 is 14.1 Å². The summed E-state index contributed by atoms with van der Waals surface area (Å²) in [4.78, 5) is 29.9. The molecule has 156 valence electrons. The Balaban J connectivity index is 1.37. The first-order chi connectivity index (χ1) is 15.0. The van der Waals surface area contributed by atoms with Crippen LogP contribution in [0, 0.1) is 0 Å². The van der Waals surface area contributed by atoms with Gasteiger partial charge in [0.2, 0.25) is 5.82 Å². The molecule has 1 aliphatic rings. The van der Waals surface area contributed by atoms with Gasteiger partial charge in [-0.25, -0.2) is 4.79 Å². The van der Waals surface area contributed by atoms with Gasteiger partial charge in [-0.1, -0.05) is 29.3 Å². The third-order valence-corrected chi connectivity index (χ3v) is 5.37. The van der Waals surface area contributed by atoms with Gasteiger partial charge in [0.05, 0.1) is 15.6 Å². The molecular formula is C21H14Cl2N4O4. The fourth-order valence-electron chi connectivity index (χ4n) is 3.15. The molecule has 4 aromatic rings. The van der Waals surface area contributed by atoms with E-state index in [1.807, 2.05) is 24.3 Å². The van der Waals surface area contributed by atoms with Gasteiger partial charge in [-0.2, -0.15) is 0 Å². The van der Waals surface area contributed by atoms with E-state index in [1.54, 1.807) is 6.07 Å². The maximum Gasteiger partial charge on any atom is 0.439 e. The Kier molecular flexibility index (Phi) is 4.88. The Labute approximate surface area is 185 Å². The molecule has 0 radical (unpaired) electrons. The van der Waals surface area contributed by atoms with Crippen LogP contribution in [0.4, 0.5) is 5.69 Å². The number of aromatic amines is 1. The predicted octanol–water partition coefficient (Wildman–Crippen LogP) is 5.14. The fraction of sp³-hybridized carbons (Fsp3) is 0.143. The number of hydrogen-bond acceptors (Lipinski definition) is 6. The monoisotopic (exact) mass is 456 g/mol. The van der Waals surface area contributed by atoms with Gasteiger partial charge in [-0.05, 0) is 54.4 Å². The standard InChI is InChI=1S/C21H14Cl2N4O4/c22-14-8-12(24-20(28)19-26-21(29)31-27-19)9-15(23)18(14)30-13-4-6-17-11(7-13)3-5-16(25-17)10-1-2-10/h3-10H,1-2H2,(H,24,28)(H,26,27,29). The summed E-state index contributed by atoms with van der Waals surface area (Å²) in [6, 6.07) is 12.6. The number of benzene rings is 2. The molecular weight excluding hydrogens is 443 g/mol. The third kappa shape index (κ3) is 4.12. The number of H-pyrrole nitrogens is 1. The number of carbonyl (C=O) groups excluding carboxylic acids is 1. The first kappa shape index (κ1) is 19.6. The van der Waals surface area contributed by atoms with Gasteiger partial charge >= 0.3 is 5.76 Å². The molecule has 31 heavy (non-hydrogen) atoms. The number of anilines is 1. The zero-order valence-corrected chi connectivity index (χ0v) is 17.3. The Morgan fingerprint density at radius 2 is 1.90 bits per heavy atom. The highest BCUT2D eigenvalue weighted by molar-refractivity contribution is 6.37. The second kappa shape index (κ2) is 7.72. The van der Waals surface area contributed by atoms with Crippen molar-refractivity contribution in [3.63, 3.8) is 0 Å². The average Bonchev–Trinajstić information content (AvgIpc) is 3.50. The molecule has 0 unspecified atom stereocenters. The van der Waals surface area contributed by atoms with Crippen molar-refractivity contribution in [2.24, 2.45) is 0 Å². The molecule has 2 N–H and O–H groups in total. The minimum atomic E-state index is -0.834. The highest BCUT2D eigenvalue weighted by atomic mass is 35.5. The van der Waals surface area contributed by atoms with E-state index in [2.05, 4.69) is 20.0 Å². The van der Waals surface area contributed by atoms with Gasteiger partial charge in [-0.3, -0.25) is 19.3 Å². The highest BCUT2D eigenvalue weighted by Gasteiger charge is 2.25. The zero-order valence-electron chi connectivity index (χ0n) is 15.8. The van der Waals surface area contributed by atoms with E-state index in [9.17, 15) is 9.59 Å². The van der Waals surface area contributed by atoms with E-state index < -0.39 is 11.7 Å². The van der Waals surface area contributed by atoms with Crippen LogP contribution in [-0.4, -0.2) is 21.0 Å². The molecule has 0 bridgehead atoms. The molecule has 1 fully saturated rings. The lowest BCUT2D eigenvalue weighted by Gasteiger charge is -2.12. The molecule has 5 rings (SSSR count). The van der Waals surface area contributed by atoms with Crippen molar-refractivity contribution in [1.82, 2.24) is 15.1 Å². The van der Waals surface area contributed by atoms with Crippen molar-refractivity contribution in [1.29, 1.82) is 0 Å². The average molecular weight is 457 g/mol. The number of aromatic nitrogens is 3. The van der Waals surface area contributed by atoms with E-state index in [-0.39, 0.29) is 21.6 Å². The first-order valence-electron chi connectivity index (χ1n) is 9.41. The number of halogens is 2. The number of nitrogens with one attached hydrogen (secondary N) is 2. The molecule has 10 heteroatoms. The number of fused-ring (bicyclic) bond motifs is 1. The van der Waals surface area contributed by atoms with Crippen LogP contribution in [0.2, 0.25) is 10.0 Å². The molecule has 2 heterocycles. The molecule has 1 saturated carbocycles. The topological polar surface area (TPSA) is 110 Å². The number of nitrogens with zero attached hydrogens (tertiary/aromatic N) is 2. The normalized spacial score (nSPS) is 13.4. The number of carbonyl (C=O) groups is 1. The quantitative estimate of drug-likeness (QED) is 0.430. The van der Waals surface area contributed by atoms with Gasteiger partial charge in [0.15, 0.2) is 5.75 Å². The Hall–Kier alpha value is -3.36. The molecule has 8 nitrogen and oxygen atoms in total. The number of rotatable bonds is 5. The second-order valence-corrected chi connectivity index (χ2v) is 7.95. The molecule has 0 spiro atoms. The van der Waals surface area contributed by atoms with E-state index in [0.29, 0.717) is 17.4 Å². The van der Waals surface area contributed by atoms with Crippen molar-refractivity contribution >= 4 is 45.7 Å². The summed E-state index contributed by atoms with van der Waals surface area (Å²) in [5.74, 6) is -0.403. The van der Waals surface area contributed by atoms with Gasteiger partial charge in [0.1, 0.15) is 5.75 Å². The summed E-state index contributed by atoms with van der Waals surface area (Å²) in [7, 11) is 0. The minimum Gasteiger partial charge on any atom is -0.454 e. The lowest BCUT2D eigenvalue weighted by Crippen LogP contribution is -2.14. The third-order valence-electron chi connectivity index (χ3n) is 4.81. The minimum absolute atomic E-state index is 0.193. The van der Waals surface area contributed by atoms with Crippen molar-refractivity contribution in [3.05, 3.63) is 74.6 Å². The number of hydrogen-bond donors (Lipinski definition) is 2. The van der Waals surface area contributed by atoms with Crippen LogP contribution in [0.5, 0.6) is 11.5 Å². The van der Waals surface area contributed by atoms with E-state index in [0.717, 1.165) is 16.6 Å². The SMILES string of the molecule is O=C(Nc1cc(Cl)c(Oc2ccc3nc(C4CC4)ccc3c2)c(Cl)c1)c1noc(=O)[nH]1. The molecule has 1 aliphatic carbocycles. The Morgan fingerprint density at radius 1 is 1.13 bits per heavy atom. The maximum atomic E-state index is 12.1. The van der Waals surface area contributed by atoms with Crippen LogP contribution in [0.3, 0.4) is 0 Å². The number of ether oxygens (including phenoxy) is 1. The summed E-state index contributed by atoms with van der Waals surface area (Å²) in [5, 5.41) is 7.18. The van der Waals surface area contributed by atoms with Crippen LogP contribution < -0.4 is 15.8 Å². The summed E-state index contributed by atoms with van der Waals surface area (Å²) in [5.41, 5.74) is 2.32. The first-order valence-corrected chi connectivity index (χ1v) is 10.2. The molecule has 0 aliphatic heterocycles. The maximum absolute atomic E-state index is 12.1. The van der Waals surface area contributed by atoms with Crippen molar-refractivity contribution in [3.8, 4) is 11.5 Å². The van der Waals surface area contributed by atoms with Crippen molar-refractivity contribution in [2.45, 2.75) is 18.8 Å². The summed E-state index contributed by atoms with van der Waals surface area (Å²) in [6.45, 7) is 0. The van der Waals surface area contributed by atoms with Crippen LogP contribution in [-0.2, 0) is 0 Å². The largest absolute Gasteiger partial charge is 0.454 e. The van der Waals surface area contributed by atoms with Crippen LogP contribution in [0.15, 0.2) is 51.8 Å². The molecule has 0 saturated heterocycles. The molecule has 1 amide bonds. The van der Waals surface area contributed by atoms with Crippen LogP contribution in [0.25, 0.3) is 10.9 Å². The van der Waals surface area contributed by atoms with Crippen LogP contribution >= 0.6 is 23.2 Å². The predicted molar refractivity (Wildman–Crippen MR) is 115 cm³/mol. The summed E-state index contributed by atoms with van der Waals surface area (Å²) in [6.07, 6.45) is 2.40. The van der Waals surface area contributed by atoms with Gasteiger partial charge in [-0.15, -0.1) is 0 Å². The number of pyridine rings is 1. The van der Waals surface area contributed by atoms with E-state index in [4.69, 9.17) is 32.9 Å². The highest BCUT2D eigenvalue weighted by Crippen LogP contribution is 2.41. The lowest BCUT2D eigenvalue weighted by atomic mass is 10.1. The molecule has 2 aromatic carbocycles. The van der Waals surface area contributed by atoms with Gasteiger partial charge in [0, 0.05) is 22.7 Å². The van der Waals surface area contributed by atoms with Crippen LogP contribution in [0.1, 0.15) is 35.1 Å².